The van der Waals surface area contributed by atoms with E-state index in [2.05, 4.69) is 38.5 Å². The van der Waals surface area contributed by atoms with E-state index < -0.39 is 0 Å². The van der Waals surface area contributed by atoms with Crippen LogP contribution in [0.4, 0.5) is 5.69 Å². The quantitative estimate of drug-likeness (QED) is 0.447. The average molecular weight is 481 g/mol. The van der Waals surface area contributed by atoms with E-state index in [-0.39, 0.29) is 23.0 Å². The van der Waals surface area contributed by atoms with Crippen LogP contribution < -0.4 is 16.0 Å². The van der Waals surface area contributed by atoms with Gasteiger partial charge in [0.05, 0.1) is 0 Å². The van der Waals surface area contributed by atoms with Crippen LogP contribution >= 0.6 is 34.8 Å². The second-order valence-electron chi connectivity index (χ2n) is 5.78. The smallest absolute Gasteiger partial charge is 0.257 e. The third-order valence-electron chi connectivity index (χ3n) is 3.69. The van der Waals surface area contributed by atoms with Crippen LogP contribution in [0, 0.1) is 3.57 Å². The van der Waals surface area contributed by atoms with Gasteiger partial charge in [-0.05, 0) is 84.6 Å². The molecule has 2 aromatic rings. The number of thiocarbonyl (C=S) groups is 1. The Bertz CT molecular complexity index is 826. The molecule has 1 unspecified atom stereocenters. The minimum atomic E-state index is -0.285. The van der Waals surface area contributed by atoms with Crippen molar-refractivity contribution < 1.29 is 9.59 Å². The van der Waals surface area contributed by atoms with Gasteiger partial charge in [-0.1, -0.05) is 19.1 Å². The second kappa shape index (κ2) is 9.63. The molecule has 2 rings (SSSR count). The molecular formula is C19H20IN3O2S. The van der Waals surface area contributed by atoms with Gasteiger partial charge in [0, 0.05) is 26.4 Å². The molecule has 0 fully saturated rings. The Balaban J connectivity index is 1.99. The molecule has 5 nitrogen and oxygen atoms in total. The highest BCUT2D eigenvalue weighted by atomic mass is 127. The first-order valence-electron chi connectivity index (χ1n) is 8.18. The molecular weight excluding hydrogens is 461 g/mol. The lowest BCUT2D eigenvalue weighted by Crippen LogP contribution is -2.34. The van der Waals surface area contributed by atoms with E-state index in [1.807, 2.05) is 26.0 Å². The van der Waals surface area contributed by atoms with E-state index in [9.17, 15) is 9.59 Å². The summed E-state index contributed by atoms with van der Waals surface area (Å²) in [6.45, 7) is 3.97. The number of hydrogen-bond donors (Lipinski definition) is 3. The van der Waals surface area contributed by atoms with Crippen LogP contribution in [0.25, 0.3) is 0 Å². The van der Waals surface area contributed by atoms with E-state index in [0.717, 1.165) is 9.99 Å². The number of benzene rings is 2. The van der Waals surface area contributed by atoms with Gasteiger partial charge in [0.1, 0.15) is 0 Å². The van der Waals surface area contributed by atoms with Crippen molar-refractivity contribution in [3.05, 3.63) is 63.2 Å². The first kappa shape index (κ1) is 20.3. The lowest BCUT2D eigenvalue weighted by atomic mass is 10.1. The molecule has 0 spiro atoms. The summed E-state index contributed by atoms with van der Waals surface area (Å²) >= 11 is 7.34. The van der Waals surface area contributed by atoms with Crippen molar-refractivity contribution in [1.82, 2.24) is 10.6 Å². The van der Waals surface area contributed by atoms with E-state index in [1.165, 1.54) is 0 Å². The summed E-state index contributed by atoms with van der Waals surface area (Å²) in [6.07, 6.45) is 0.859. The van der Waals surface area contributed by atoms with Crippen LogP contribution in [0.2, 0.25) is 0 Å². The van der Waals surface area contributed by atoms with Gasteiger partial charge < -0.3 is 10.6 Å². The van der Waals surface area contributed by atoms with Gasteiger partial charge >= 0.3 is 0 Å². The van der Waals surface area contributed by atoms with Gasteiger partial charge in [0.2, 0.25) is 0 Å². The van der Waals surface area contributed by atoms with Crippen molar-refractivity contribution >= 4 is 57.4 Å². The van der Waals surface area contributed by atoms with Crippen LogP contribution in [-0.4, -0.2) is 23.0 Å². The zero-order chi connectivity index (χ0) is 19.1. The number of hydrogen-bond acceptors (Lipinski definition) is 3. The maximum atomic E-state index is 12.2. The third kappa shape index (κ3) is 6.06. The number of amides is 2. The predicted molar refractivity (Wildman–Crippen MR) is 117 cm³/mol. The highest BCUT2D eigenvalue weighted by Crippen LogP contribution is 2.12. The number of anilines is 1. The Hall–Kier alpha value is -2.00. The summed E-state index contributed by atoms with van der Waals surface area (Å²) in [6, 6.07) is 14.3. The Morgan fingerprint density at radius 1 is 1.08 bits per heavy atom. The fourth-order valence-corrected chi connectivity index (χ4v) is 2.87. The van der Waals surface area contributed by atoms with E-state index in [1.54, 1.807) is 36.4 Å². The van der Waals surface area contributed by atoms with Crippen molar-refractivity contribution in [2.45, 2.75) is 26.3 Å². The number of carbonyl (C=O) groups is 2. The van der Waals surface area contributed by atoms with Crippen LogP contribution in [0.1, 0.15) is 41.0 Å². The summed E-state index contributed by atoms with van der Waals surface area (Å²) < 4.78 is 0.967. The first-order valence-corrected chi connectivity index (χ1v) is 9.66. The maximum absolute atomic E-state index is 12.2. The number of halogens is 1. The molecule has 2 aromatic carbocycles. The maximum Gasteiger partial charge on any atom is 0.257 e. The molecule has 0 bridgehead atoms. The fraction of sp³-hybridized carbons (Fsp3) is 0.211. The Morgan fingerprint density at radius 2 is 1.73 bits per heavy atom. The van der Waals surface area contributed by atoms with Crippen LogP contribution in [-0.2, 0) is 0 Å². The standard InChI is InChI=1S/C19H20IN3O2S/c1-3-12(2)21-17(24)14-7-5-9-16(11-14)22-19(26)23-18(25)13-6-4-8-15(20)10-13/h4-12H,3H2,1-2H3,(H,21,24)(H2,22,23,25,26). The molecule has 7 heteroatoms. The molecule has 0 aromatic heterocycles. The van der Waals surface area contributed by atoms with Crippen molar-refractivity contribution in [1.29, 1.82) is 0 Å². The summed E-state index contributed by atoms with van der Waals surface area (Å²) in [5.74, 6) is -0.427. The van der Waals surface area contributed by atoms with E-state index in [0.29, 0.717) is 16.8 Å². The Morgan fingerprint density at radius 3 is 2.38 bits per heavy atom. The van der Waals surface area contributed by atoms with Gasteiger partial charge in [0.15, 0.2) is 5.11 Å². The van der Waals surface area contributed by atoms with Crippen molar-refractivity contribution in [2.24, 2.45) is 0 Å². The molecule has 3 N–H and O–H groups in total. The second-order valence-corrected chi connectivity index (χ2v) is 7.44. The minimum absolute atomic E-state index is 0.105. The zero-order valence-electron chi connectivity index (χ0n) is 14.5. The van der Waals surface area contributed by atoms with E-state index in [4.69, 9.17) is 12.2 Å². The van der Waals surface area contributed by atoms with Crippen LogP contribution in [0.5, 0.6) is 0 Å². The van der Waals surface area contributed by atoms with Crippen molar-refractivity contribution in [3.63, 3.8) is 0 Å². The van der Waals surface area contributed by atoms with Crippen LogP contribution in [0.3, 0.4) is 0 Å². The minimum Gasteiger partial charge on any atom is -0.350 e. The van der Waals surface area contributed by atoms with Gasteiger partial charge in [-0.3, -0.25) is 14.9 Å². The zero-order valence-corrected chi connectivity index (χ0v) is 17.5. The third-order valence-corrected chi connectivity index (χ3v) is 4.56. The number of nitrogens with one attached hydrogen (secondary N) is 3. The Kier molecular flexibility index (Phi) is 7.52. The summed E-state index contributed by atoms with van der Waals surface area (Å²) in [5, 5.41) is 8.67. The highest BCUT2D eigenvalue weighted by Gasteiger charge is 2.11. The molecule has 0 saturated heterocycles. The largest absolute Gasteiger partial charge is 0.350 e. The Labute approximate surface area is 172 Å². The highest BCUT2D eigenvalue weighted by molar-refractivity contribution is 14.1. The summed E-state index contributed by atoms with van der Waals surface area (Å²) in [5.41, 5.74) is 1.69. The van der Waals surface area contributed by atoms with Crippen LogP contribution in [0.15, 0.2) is 48.5 Å². The first-order chi connectivity index (χ1) is 12.4. The van der Waals surface area contributed by atoms with Gasteiger partial charge in [0.25, 0.3) is 11.8 Å². The molecule has 1 atom stereocenters. The molecule has 0 heterocycles. The topological polar surface area (TPSA) is 70.2 Å². The lowest BCUT2D eigenvalue weighted by Gasteiger charge is -2.13. The molecule has 0 aliphatic rings. The monoisotopic (exact) mass is 481 g/mol. The lowest BCUT2D eigenvalue weighted by molar-refractivity contribution is 0.0937. The molecule has 0 saturated carbocycles. The molecule has 0 radical (unpaired) electrons. The molecule has 0 aliphatic carbocycles. The van der Waals surface area contributed by atoms with Gasteiger partial charge in [-0.25, -0.2) is 0 Å². The number of rotatable bonds is 5. The van der Waals surface area contributed by atoms with Crippen molar-refractivity contribution in [2.75, 3.05) is 5.32 Å². The molecule has 26 heavy (non-hydrogen) atoms. The molecule has 136 valence electrons. The van der Waals surface area contributed by atoms with Gasteiger partial charge in [-0.2, -0.15) is 0 Å². The average Bonchev–Trinajstić information content (AvgIpc) is 2.61. The normalized spacial score (nSPS) is 11.3. The molecule has 0 aliphatic heterocycles. The summed E-state index contributed by atoms with van der Waals surface area (Å²) in [7, 11) is 0. The number of carbonyl (C=O) groups excluding carboxylic acids is 2. The van der Waals surface area contributed by atoms with E-state index >= 15 is 0 Å². The fourth-order valence-electron chi connectivity index (χ4n) is 2.11. The summed E-state index contributed by atoms with van der Waals surface area (Å²) in [4.78, 5) is 24.4. The predicted octanol–water partition coefficient (Wildman–Crippen LogP) is 3.95. The SMILES string of the molecule is CCC(C)NC(=O)c1cccc(NC(=S)NC(=O)c2cccc(I)c2)c1. The molecule has 2 amide bonds. The van der Waals surface area contributed by atoms with Gasteiger partial charge in [-0.15, -0.1) is 0 Å². The van der Waals surface area contributed by atoms with Crippen molar-refractivity contribution in [3.8, 4) is 0 Å².